The number of rotatable bonds is 4. The van der Waals surface area contributed by atoms with Gasteiger partial charge in [0.1, 0.15) is 0 Å². The number of hydrogen-bond acceptors (Lipinski definition) is 4. The van der Waals surface area contributed by atoms with Crippen molar-refractivity contribution in [1.29, 1.82) is 0 Å². The molecule has 2 heterocycles. The van der Waals surface area contributed by atoms with Crippen LogP contribution >= 0.6 is 0 Å². The molecule has 0 unspecified atom stereocenters. The van der Waals surface area contributed by atoms with E-state index in [0.717, 1.165) is 19.4 Å². The van der Waals surface area contributed by atoms with E-state index in [1.54, 1.807) is 8.61 Å². The molecule has 118 valence electrons. The van der Waals surface area contributed by atoms with Crippen molar-refractivity contribution in [3.05, 3.63) is 0 Å². The van der Waals surface area contributed by atoms with E-state index in [9.17, 15) is 8.42 Å². The SMILES string of the molecule is CNC[C@@H]1CCCN(S(=O)(=O)N2C[C@H](C)OC[C@@H]2C)C1. The van der Waals surface area contributed by atoms with Gasteiger partial charge in [-0.1, -0.05) is 0 Å². The number of nitrogens with one attached hydrogen (secondary N) is 1. The maximum atomic E-state index is 12.8. The molecule has 0 saturated carbocycles. The number of morpholine rings is 1. The first-order valence-electron chi connectivity index (χ1n) is 7.48. The fourth-order valence-corrected chi connectivity index (χ4v) is 5.00. The Bertz CT molecular complexity index is 413. The summed E-state index contributed by atoms with van der Waals surface area (Å²) in [5.41, 5.74) is 0. The molecular weight excluding hydrogens is 278 g/mol. The third-order valence-electron chi connectivity index (χ3n) is 4.15. The predicted molar refractivity (Wildman–Crippen MR) is 78.7 cm³/mol. The van der Waals surface area contributed by atoms with Crippen LogP contribution in [0.2, 0.25) is 0 Å². The molecule has 1 N–H and O–H groups in total. The summed E-state index contributed by atoms with van der Waals surface area (Å²) in [5, 5.41) is 3.15. The molecule has 6 nitrogen and oxygen atoms in total. The highest BCUT2D eigenvalue weighted by Gasteiger charge is 2.38. The van der Waals surface area contributed by atoms with Crippen LogP contribution in [-0.2, 0) is 14.9 Å². The molecule has 2 aliphatic rings. The molecule has 0 amide bonds. The van der Waals surface area contributed by atoms with Gasteiger partial charge in [-0.2, -0.15) is 17.0 Å². The molecule has 0 bridgehead atoms. The molecule has 0 aromatic rings. The molecule has 20 heavy (non-hydrogen) atoms. The number of hydrogen-bond donors (Lipinski definition) is 1. The summed E-state index contributed by atoms with van der Waals surface area (Å²) in [6.45, 7) is 6.92. The Morgan fingerprint density at radius 2 is 2.05 bits per heavy atom. The van der Waals surface area contributed by atoms with Crippen LogP contribution in [0.15, 0.2) is 0 Å². The Balaban J connectivity index is 2.08. The van der Waals surface area contributed by atoms with Gasteiger partial charge in [-0.05, 0) is 46.2 Å². The highest BCUT2D eigenvalue weighted by Crippen LogP contribution is 2.24. The Morgan fingerprint density at radius 1 is 1.30 bits per heavy atom. The first-order valence-corrected chi connectivity index (χ1v) is 8.88. The Morgan fingerprint density at radius 3 is 2.75 bits per heavy atom. The van der Waals surface area contributed by atoms with Crippen LogP contribution in [-0.4, -0.2) is 69.0 Å². The van der Waals surface area contributed by atoms with Crippen LogP contribution in [0.25, 0.3) is 0 Å². The van der Waals surface area contributed by atoms with Gasteiger partial charge in [0.15, 0.2) is 0 Å². The molecule has 2 aliphatic heterocycles. The third-order valence-corrected chi connectivity index (χ3v) is 6.23. The summed E-state index contributed by atoms with van der Waals surface area (Å²) in [6, 6.07) is -0.0825. The minimum absolute atomic E-state index is 0.0288. The molecule has 2 fully saturated rings. The summed E-state index contributed by atoms with van der Waals surface area (Å²) < 4.78 is 34.4. The van der Waals surface area contributed by atoms with Crippen molar-refractivity contribution in [2.45, 2.75) is 38.8 Å². The Labute approximate surface area is 122 Å². The topological polar surface area (TPSA) is 61.9 Å². The summed E-state index contributed by atoms with van der Waals surface area (Å²) >= 11 is 0. The van der Waals surface area contributed by atoms with E-state index in [1.165, 1.54) is 0 Å². The molecule has 2 rings (SSSR count). The van der Waals surface area contributed by atoms with Crippen LogP contribution in [0.5, 0.6) is 0 Å². The van der Waals surface area contributed by atoms with Gasteiger partial charge in [0.25, 0.3) is 10.2 Å². The minimum Gasteiger partial charge on any atom is -0.375 e. The van der Waals surface area contributed by atoms with E-state index >= 15 is 0 Å². The van der Waals surface area contributed by atoms with E-state index in [1.807, 2.05) is 20.9 Å². The first kappa shape index (κ1) is 16.2. The average molecular weight is 305 g/mol. The molecular formula is C13H27N3O3S. The lowest BCUT2D eigenvalue weighted by molar-refractivity contribution is -0.0195. The van der Waals surface area contributed by atoms with Crippen LogP contribution in [0.4, 0.5) is 0 Å². The van der Waals surface area contributed by atoms with E-state index in [-0.39, 0.29) is 12.1 Å². The van der Waals surface area contributed by atoms with Crippen molar-refractivity contribution >= 4 is 10.2 Å². The van der Waals surface area contributed by atoms with Gasteiger partial charge in [-0.25, -0.2) is 0 Å². The fourth-order valence-electron chi connectivity index (χ4n) is 3.03. The molecule has 0 aliphatic carbocycles. The second kappa shape index (κ2) is 6.70. The highest BCUT2D eigenvalue weighted by atomic mass is 32.2. The average Bonchev–Trinajstić information content (AvgIpc) is 2.42. The second-order valence-electron chi connectivity index (χ2n) is 5.99. The van der Waals surface area contributed by atoms with Crippen LogP contribution in [0.1, 0.15) is 26.7 Å². The number of piperidine rings is 1. The van der Waals surface area contributed by atoms with E-state index in [4.69, 9.17) is 4.74 Å². The maximum absolute atomic E-state index is 12.8. The van der Waals surface area contributed by atoms with E-state index < -0.39 is 10.2 Å². The minimum atomic E-state index is -3.36. The van der Waals surface area contributed by atoms with Gasteiger partial charge in [-0.3, -0.25) is 0 Å². The van der Waals surface area contributed by atoms with Crippen molar-refractivity contribution in [2.24, 2.45) is 5.92 Å². The quantitative estimate of drug-likeness (QED) is 0.810. The molecule has 0 radical (unpaired) electrons. The van der Waals surface area contributed by atoms with Gasteiger partial charge in [0.2, 0.25) is 0 Å². The summed E-state index contributed by atoms with van der Waals surface area (Å²) in [7, 11) is -1.44. The van der Waals surface area contributed by atoms with Crippen molar-refractivity contribution in [3.63, 3.8) is 0 Å². The third kappa shape index (κ3) is 3.51. The van der Waals surface area contributed by atoms with Gasteiger partial charge in [-0.15, -0.1) is 0 Å². The van der Waals surface area contributed by atoms with Crippen molar-refractivity contribution < 1.29 is 13.2 Å². The van der Waals surface area contributed by atoms with Gasteiger partial charge in [0, 0.05) is 25.7 Å². The largest absolute Gasteiger partial charge is 0.375 e. The zero-order valence-electron chi connectivity index (χ0n) is 12.7. The molecule has 2 saturated heterocycles. The molecule has 0 aromatic heterocycles. The zero-order valence-corrected chi connectivity index (χ0v) is 13.5. The number of ether oxygens (including phenoxy) is 1. The van der Waals surface area contributed by atoms with Gasteiger partial charge < -0.3 is 10.1 Å². The van der Waals surface area contributed by atoms with Crippen molar-refractivity contribution in [3.8, 4) is 0 Å². The Kier molecular flexibility index (Phi) is 5.42. The standard InChI is InChI=1S/C13H27N3O3S/c1-11-10-19-12(2)8-16(11)20(17,18)15-6-4-5-13(9-15)7-14-3/h11-14H,4-10H2,1-3H3/t11-,12-,13-/m0/s1. The van der Waals surface area contributed by atoms with Crippen LogP contribution in [0.3, 0.4) is 0 Å². The lowest BCUT2D eigenvalue weighted by Gasteiger charge is -2.41. The monoisotopic (exact) mass is 305 g/mol. The highest BCUT2D eigenvalue weighted by molar-refractivity contribution is 7.86. The second-order valence-corrected chi connectivity index (χ2v) is 7.88. The smallest absolute Gasteiger partial charge is 0.282 e. The van der Waals surface area contributed by atoms with E-state index in [0.29, 0.717) is 32.2 Å². The van der Waals surface area contributed by atoms with Crippen molar-refractivity contribution in [2.75, 3.05) is 39.8 Å². The summed E-state index contributed by atoms with van der Waals surface area (Å²) in [5.74, 6) is 0.414. The summed E-state index contributed by atoms with van der Waals surface area (Å²) in [4.78, 5) is 0. The van der Waals surface area contributed by atoms with Crippen LogP contribution < -0.4 is 5.32 Å². The molecule has 3 atom stereocenters. The maximum Gasteiger partial charge on any atom is 0.282 e. The first-order chi connectivity index (χ1) is 9.45. The Hall–Kier alpha value is -0.210. The predicted octanol–water partition coefficient (Wildman–Crippen LogP) is 0.272. The molecule has 0 spiro atoms. The zero-order chi connectivity index (χ0) is 14.8. The van der Waals surface area contributed by atoms with E-state index in [2.05, 4.69) is 5.32 Å². The lowest BCUT2D eigenvalue weighted by atomic mass is 10.00. The van der Waals surface area contributed by atoms with Crippen LogP contribution in [0, 0.1) is 5.92 Å². The fraction of sp³-hybridized carbons (Fsp3) is 1.00. The number of nitrogens with zero attached hydrogens (tertiary/aromatic N) is 2. The molecule has 0 aromatic carbocycles. The normalized spacial score (nSPS) is 34.2. The lowest BCUT2D eigenvalue weighted by Crippen LogP contribution is -2.56. The summed E-state index contributed by atoms with van der Waals surface area (Å²) in [6.07, 6.45) is 2.01. The van der Waals surface area contributed by atoms with Gasteiger partial charge in [0.05, 0.1) is 12.7 Å². The van der Waals surface area contributed by atoms with Gasteiger partial charge >= 0.3 is 0 Å². The van der Waals surface area contributed by atoms with Crippen molar-refractivity contribution in [1.82, 2.24) is 13.9 Å². The molecule has 7 heteroatoms.